The molecule has 0 fully saturated rings. The van der Waals surface area contributed by atoms with Crippen molar-refractivity contribution in [2.24, 2.45) is 0 Å². The molecule has 0 spiro atoms. The number of hydrogen-bond acceptors (Lipinski definition) is 4. The third-order valence-electron chi connectivity index (χ3n) is 6.12. The first-order chi connectivity index (χ1) is 15.0. The van der Waals surface area contributed by atoms with Crippen LogP contribution in [0.5, 0.6) is 0 Å². The topological polar surface area (TPSA) is 26.3 Å². The third kappa shape index (κ3) is 24.6. The molecule has 0 aromatic carbocycles. The second-order valence-electron chi connectivity index (χ2n) is 9.49. The summed E-state index contributed by atoms with van der Waals surface area (Å²) in [7, 11) is 0. The third-order valence-corrected chi connectivity index (χ3v) is 6.88. The van der Waals surface area contributed by atoms with Crippen LogP contribution in [-0.2, 0) is 9.53 Å². The highest BCUT2D eigenvalue weighted by atomic mass is 32.2. The molecule has 0 atom stereocenters. The lowest BCUT2D eigenvalue weighted by Gasteiger charge is -2.21. The van der Waals surface area contributed by atoms with Crippen LogP contribution in [-0.4, -0.2) is 16.7 Å². The minimum Gasteiger partial charge on any atom is -0.466 e. The summed E-state index contributed by atoms with van der Waals surface area (Å²) in [6.07, 6.45) is 27.2. The summed E-state index contributed by atoms with van der Waals surface area (Å²) in [4.78, 5) is 12.1. The Balaban J connectivity index is 3.47. The maximum absolute atomic E-state index is 12.1. The van der Waals surface area contributed by atoms with E-state index >= 15 is 0 Å². The van der Waals surface area contributed by atoms with E-state index in [1.54, 1.807) is 0 Å². The largest absolute Gasteiger partial charge is 0.466 e. The van der Waals surface area contributed by atoms with Crippen LogP contribution < -0.4 is 0 Å². The van der Waals surface area contributed by atoms with Gasteiger partial charge in [-0.15, -0.1) is 0 Å². The van der Waals surface area contributed by atoms with Gasteiger partial charge in [0.25, 0.3) is 0 Å². The number of carbonyl (C=O) groups is 1. The highest BCUT2D eigenvalue weighted by molar-refractivity contribution is 8.00. The standard InChI is InChI=1S/C27H54O2S2/c1-3-5-7-9-11-13-15-17-19-21-23-27(30,31)25-26(28)29-24-22-20-18-16-14-12-10-8-6-4-2/h30-31H,3-25H2,1-2H3. The Kier molecular flexibility index (Phi) is 23.5. The van der Waals surface area contributed by atoms with E-state index in [4.69, 9.17) is 4.74 Å². The lowest BCUT2D eigenvalue weighted by Crippen LogP contribution is -2.21. The molecule has 2 nitrogen and oxygen atoms in total. The quantitative estimate of drug-likeness (QED) is 0.0630. The van der Waals surface area contributed by atoms with Gasteiger partial charge in [-0.1, -0.05) is 136 Å². The van der Waals surface area contributed by atoms with Crippen LogP contribution in [0.4, 0.5) is 0 Å². The molecule has 4 heteroatoms. The predicted octanol–water partition coefficient (Wildman–Crippen LogP) is 9.71. The number of esters is 1. The zero-order chi connectivity index (χ0) is 23.0. The van der Waals surface area contributed by atoms with Crippen LogP contribution in [0.3, 0.4) is 0 Å². The van der Waals surface area contributed by atoms with Crippen LogP contribution >= 0.6 is 25.3 Å². The van der Waals surface area contributed by atoms with Crippen LogP contribution in [0.25, 0.3) is 0 Å². The van der Waals surface area contributed by atoms with Gasteiger partial charge in [0.15, 0.2) is 0 Å². The Bertz CT molecular complexity index is 385. The van der Waals surface area contributed by atoms with Crippen molar-refractivity contribution >= 4 is 31.2 Å². The fourth-order valence-electron chi connectivity index (χ4n) is 4.04. The van der Waals surface area contributed by atoms with Crippen LogP contribution in [0, 0.1) is 0 Å². The van der Waals surface area contributed by atoms with Gasteiger partial charge in [-0.2, -0.15) is 25.3 Å². The van der Waals surface area contributed by atoms with Gasteiger partial charge in [-0.3, -0.25) is 4.79 Å². The molecule has 0 N–H and O–H groups in total. The number of thiol groups is 2. The Labute approximate surface area is 206 Å². The summed E-state index contributed by atoms with van der Waals surface area (Å²) in [6, 6.07) is 0. The SMILES string of the molecule is CCCCCCCCCCCCOC(=O)CC(S)(S)CCCCCCCCCCCC. The first kappa shape index (κ1) is 31.2. The predicted molar refractivity (Wildman–Crippen MR) is 145 cm³/mol. The molecule has 0 rings (SSSR count). The van der Waals surface area contributed by atoms with Crippen molar-refractivity contribution in [1.29, 1.82) is 0 Å². The van der Waals surface area contributed by atoms with E-state index in [0.717, 1.165) is 25.7 Å². The lowest BCUT2D eigenvalue weighted by molar-refractivity contribution is -0.143. The first-order valence-corrected chi connectivity index (χ1v) is 14.5. The Hall–Kier alpha value is 0.170. The highest BCUT2D eigenvalue weighted by Gasteiger charge is 2.24. The zero-order valence-electron chi connectivity index (χ0n) is 21.0. The van der Waals surface area contributed by atoms with Crippen LogP contribution in [0.15, 0.2) is 0 Å². The summed E-state index contributed by atoms with van der Waals surface area (Å²) >= 11 is 9.23. The number of rotatable bonds is 24. The molecule has 0 aromatic rings. The van der Waals surface area contributed by atoms with Crippen LogP contribution in [0.1, 0.15) is 155 Å². The smallest absolute Gasteiger partial charge is 0.308 e. The number of hydrogen-bond donors (Lipinski definition) is 2. The average molecular weight is 475 g/mol. The van der Waals surface area contributed by atoms with E-state index in [0.29, 0.717) is 13.0 Å². The van der Waals surface area contributed by atoms with Crippen molar-refractivity contribution in [2.45, 2.75) is 159 Å². The Morgan fingerprint density at radius 3 is 1.35 bits per heavy atom. The van der Waals surface area contributed by atoms with Crippen LogP contribution in [0.2, 0.25) is 0 Å². The van der Waals surface area contributed by atoms with Crippen molar-refractivity contribution in [1.82, 2.24) is 0 Å². The number of unbranched alkanes of at least 4 members (excludes halogenated alkanes) is 18. The van der Waals surface area contributed by atoms with Gasteiger partial charge in [-0.05, 0) is 12.8 Å². The minimum atomic E-state index is -0.533. The monoisotopic (exact) mass is 474 g/mol. The molecule has 31 heavy (non-hydrogen) atoms. The molecule has 0 heterocycles. The number of ether oxygens (including phenoxy) is 1. The molecule has 0 aliphatic heterocycles. The summed E-state index contributed by atoms with van der Waals surface area (Å²) < 4.78 is 4.88. The number of carbonyl (C=O) groups excluding carboxylic acids is 1. The second-order valence-corrected chi connectivity index (χ2v) is 11.6. The molecule has 0 bridgehead atoms. The Morgan fingerprint density at radius 1 is 0.581 bits per heavy atom. The van der Waals surface area contributed by atoms with Crippen molar-refractivity contribution in [2.75, 3.05) is 6.61 Å². The fourth-order valence-corrected chi connectivity index (χ4v) is 4.62. The molecular weight excluding hydrogens is 420 g/mol. The van der Waals surface area contributed by atoms with Gasteiger partial charge in [0, 0.05) is 0 Å². The Morgan fingerprint density at radius 2 is 0.935 bits per heavy atom. The van der Waals surface area contributed by atoms with Crippen molar-refractivity contribution < 1.29 is 9.53 Å². The zero-order valence-corrected chi connectivity index (χ0v) is 22.8. The molecule has 186 valence electrons. The van der Waals surface area contributed by atoms with Gasteiger partial charge >= 0.3 is 5.97 Å². The van der Waals surface area contributed by atoms with Gasteiger partial charge in [-0.25, -0.2) is 0 Å². The average Bonchev–Trinajstić information content (AvgIpc) is 2.73. The highest BCUT2D eigenvalue weighted by Crippen LogP contribution is 2.31. The summed E-state index contributed by atoms with van der Waals surface area (Å²) in [6.45, 7) is 5.07. The van der Waals surface area contributed by atoms with Gasteiger partial charge in [0.1, 0.15) is 0 Å². The minimum absolute atomic E-state index is 0.145. The molecule has 0 saturated carbocycles. The second kappa shape index (κ2) is 23.3. The maximum Gasteiger partial charge on any atom is 0.308 e. The van der Waals surface area contributed by atoms with Crippen molar-refractivity contribution in [3.05, 3.63) is 0 Å². The van der Waals surface area contributed by atoms with E-state index in [9.17, 15) is 4.79 Å². The first-order valence-electron chi connectivity index (χ1n) is 13.6. The van der Waals surface area contributed by atoms with Crippen molar-refractivity contribution in [3.63, 3.8) is 0 Å². The molecule has 0 aliphatic rings. The van der Waals surface area contributed by atoms with Gasteiger partial charge in [0.2, 0.25) is 0 Å². The molecule has 0 aromatic heterocycles. The summed E-state index contributed by atoms with van der Waals surface area (Å²) in [5, 5.41) is 0. The lowest BCUT2D eigenvalue weighted by atomic mass is 10.0. The molecule has 0 radical (unpaired) electrons. The molecule has 0 unspecified atom stereocenters. The van der Waals surface area contributed by atoms with Crippen molar-refractivity contribution in [3.8, 4) is 0 Å². The molecular formula is C27H54O2S2. The normalized spacial score (nSPS) is 11.7. The maximum atomic E-state index is 12.1. The van der Waals surface area contributed by atoms with E-state index < -0.39 is 4.08 Å². The summed E-state index contributed by atoms with van der Waals surface area (Å²) in [5.74, 6) is -0.145. The van der Waals surface area contributed by atoms with Gasteiger partial charge < -0.3 is 4.74 Å². The van der Waals surface area contributed by atoms with E-state index in [1.165, 1.54) is 109 Å². The van der Waals surface area contributed by atoms with E-state index in [-0.39, 0.29) is 5.97 Å². The fraction of sp³-hybridized carbons (Fsp3) is 0.963. The molecule has 0 aliphatic carbocycles. The van der Waals surface area contributed by atoms with E-state index in [2.05, 4.69) is 39.1 Å². The van der Waals surface area contributed by atoms with E-state index in [1.807, 2.05) is 0 Å². The molecule has 0 saturated heterocycles. The summed E-state index contributed by atoms with van der Waals surface area (Å²) in [5.41, 5.74) is 0. The molecule has 0 amide bonds. The van der Waals surface area contributed by atoms with Gasteiger partial charge in [0.05, 0.1) is 17.1 Å².